The lowest BCUT2D eigenvalue weighted by Crippen LogP contribution is -2.61. The van der Waals surface area contributed by atoms with Crippen molar-refractivity contribution in [1.29, 1.82) is 0 Å². The minimum atomic E-state index is -1.97. The first-order valence-corrected chi connectivity index (χ1v) is 12.9. The molecule has 3 heterocycles. The predicted molar refractivity (Wildman–Crippen MR) is 139 cm³/mol. The molecule has 2 aliphatic heterocycles. The lowest BCUT2D eigenvalue weighted by atomic mass is 9.99. The van der Waals surface area contributed by atoms with Crippen LogP contribution in [0.25, 0.3) is 22.3 Å². The maximum atomic E-state index is 13.7. The van der Waals surface area contributed by atoms with Crippen molar-refractivity contribution in [1.82, 2.24) is 0 Å². The number of rotatable bonds is 6. The Hall–Kier alpha value is -4.00. The Morgan fingerprint density at radius 1 is 0.791 bits per heavy atom. The number of aliphatic carboxylic acids is 1. The van der Waals surface area contributed by atoms with Crippen LogP contribution in [-0.2, 0) is 14.3 Å². The van der Waals surface area contributed by atoms with Crippen molar-refractivity contribution >= 4 is 16.9 Å². The number of hydrogen-bond donors (Lipinski definition) is 9. The zero-order valence-corrected chi connectivity index (χ0v) is 22.1. The minimum Gasteiger partial charge on any atom is -0.508 e. The van der Waals surface area contributed by atoms with Gasteiger partial charge in [-0.3, -0.25) is 4.79 Å². The molecule has 2 fully saturated rings. The standard InChI is InChI=1S/C27H28O16/c1-8-15(30)17(32)20(35)26(39-8)42-23-16(31)14-12(29)6-11(7-13(14)41-22(23)9-2-4-10(28)5-3-9)40-27-21(36)18(33)19(34)24(43-27)25(37)38/h2-8,15,17-21,24,26-30,32-36H,1H3,(H,37,38)/t8-,15-,17-,18-,19+,20-,21+,24-,26-,27+/m0/s1. The van der Waals surface area contributed by atoms with Crippen molar-refractivity contribution < 1.29 is 74.1 Å². The quantitative estimate of drug-likeness (QED) is 0.152. The third-order valence-corrected chi connectivity index (χ3v) is 7.14. The largest absolute Gasteiger partial charge is 0.508 e. The molecule has 10 atom stereocenters. The van der Waals surface area contributed by atoms with Gasteiger partial charge in [-0.1, -0.05) is 0 Å². The number of carboxylic acid groups (broad SMARTS) is 1. The van der Waals surface area contributed by atoms with Crippen LogP contribution in [-0.4, -0.2) is 113 Å². The van der Waals surface area contributed by atoms with E-state index < -0.39 is 89.7 Å². The Morgan fingerprint density at radius 3 is 2.02 bits per heavy atom. The van der Waals surface area contributed by atoms with E-state index in [2.05, 4.69) is 0 Å². The normalized spacial score (nSPS) is 32.8. The zero-order valence-electron chi connectivity index (χ0n) is 22.1. The van der Waals surface area contributed by atoms with Gasteiger partial charge in [0.1, 0.15) is 64.8 Å². The molecule has 5 rings (SSSR count). The summed E-state index contributed by atoms with van der Waals surface area (Å²) >= 11 is 0. The Morgan fingerprint density at radius 2 is 1.40 bits per heavy atom. The number of phenols is 2. The van der Waals surface area contributed by atoms with Gasteiger partial charge in [0.05, 0.1) is 6.10 Å². The van der Waals surface area contributed by atoms with Gasteiger partial charge in [0.25, 0.3) is 0 Å². The van der Waals surface area contributed by atoms with Crippen LogP contribution in [0.1, 0.15) is 6.92 Å². The number of aliphatic hydroxyl groups excluding tert-OH is 6. The summed E-state index contributed by atoms with van der Waals surface area (Å²) in [6.07, 6.45) is -17.3. The van der Waals surface area contributed by atoms with Crippen molar-refractivity contribution in [3.05, 3.63) is 46.6 Å². The first-order chi connectivity index (χ1) is 20.3. The fourth-order valence-electron chi connectivity index (χ4n) is 4.75. The number of carboxylic acids is 1. The lowest BCUT2D eigenvalue weighted by molar-refractivity contribution is -0.271. The Kier molecular flexibility index (Phi) is 8.21. The molecule has 0 saturated carbocycles. The van der Waals surface area contributed by atoms with Gasteiger partial charge >= 0.3 is 5.97 Å². The molecule has 2 saturated heterocycles. The summed E-state index contributed by atoms with van der Waals surface area (Å²) in [6, 6.07) is 7.25. The van der Waals surface area contributed by atoms with Crippen LogP contribution in [0.15, 0.2) is 45.6 Å². The van der Waals surface area contributed by atoms with Crippen LogP contribution in [0, 0.1) is 0 Å². The molecule has 3 aromatic rings. The molecule has 232 valence electrons. The molecule has 0 bridgehead atoms. The van der Waals surface area contributed by atoms with Gasteiger partial charge in [0.15, 0.2) is 11.9 Å². The highest BCUT2D eigenvalue weighted by Crippen LogP contribution is 2.38. The van der Waals surface area contributed by atoms with Gasteiger partial charge in [-0.2, -0.15) is 0 Å². The molecular weight excluding hydrogens is 580 g/mol. The molecule has 9 N–H and O–H groups in total. The van der Waals surface area contributed by atoms with E-state index in [0.29, 0.717) is 0 Å². The molecule has 16 heteroatoms. The monoisotopic (exact) mass is 608 g/mol. The summed E-state index contributed by atoms with van der Waals surface area (Å²) in [6.45, 7) is 1.40. The molecule has 0 unspecified atom stereocenters. The smallest absolute Gasteiger partial charge is 0.335 e. The van der Waals surface area contributed by atoms with Gasteiger partial charge in [-0.25, -0.2) is 4.79 Å². The highest BCUT2D eigenvalue weighted by atomic mass is 16.7. The molecule has 43 heavy (non-hydrogen) atoms. The van der Waals surface area contributed by atoms with Crippen molar-refractivity contribution in [3.63, 3.8) is 0 Å². The van der Waals surface area contributed by atoms with Gasteiger partial charge in [0.2, 0.25) is 23.8 Å². The minimum absolute atomic E-state index is 0.127. The van der Waals surface area contributed by atoms with E-state index in [0.717, 1.165) is 12.1 Å². The summed E-state index contributed by atoms with van der Waals surface area (Å²) in [5.41, 5.74) is -1.12. The maximum Gasteiger partial charge on any atom is 0.335 e. The summed E-state index contributed by atoms with van der Waals surface area (Å²) in [7, 11) is 0. The molecule has 0 radical (unpaired) electrons. The number of phenolic OH excluding ortho intramolecular Hbond substituents is 2. The fourth-order valence-corrected chi connectivity index (χ4v) is 4.75. The number of carbonyl (C=O) groups is 1. The van der Waals surface area contributed by atoms with E-state index in [9.17, 15) is 55.5 Å². The predicted octanol–water partition coefficient (Wildman–Crippen LogP) is -1.65. The number of aromatic hydroxyl groups is 2. The Balaban J connectivity index is 1.58. The second-order valence-corrected chi connectivity index (χ2v) is 10.1. The Bertz CT molecular complexity index is 1550. The molecule has 2 aromatic carbocycles. The SMILES string of the molecule is C[C@@H]1O[C@@H](Oc2c(-c3ccc(O)cc3)oc3cc(O[C@@H]4O[C@H](C(=O)O)[C@H](O)[C@H](O)[C@H]4O)cc(O)c3c2=O)[C@@H](O)[C@@H](O)[C@H]1O. The third-order valence-electron chi connectivity index (χ3n) is 7.14. The maximum absolute atomic E-state index is 13.7. The van der Waals surface area contributed by atoms with Crippen LogP contribution >= 0.6 is 0 Å². The number of benzene rings is 2. The second kappa shape index (κ2) is 11.6. The number of fused-ring (bicyclic) bond motifs is 1. The Labute approximate surface area is 240 Å². The van der Waals surface area contributed by atoms with E-state index in [1.54, 1.807) is 0 Å². The topological polar surface area (TPSA) is 266 Å². The van der Waals surface area contributed by atoms with Crippen molar-refractivity contribution in [2.45, 2.75) is 68.3 Å². The zero-order chi connectivity index (χ0) is 31.3. The third kappa shape index (κ3) is 5.57. The summed E-state index contributed by atoms with van der Waals surface area (Å²) in [5, 5.41) is 90.2. The van der Waals surface area contributed by atoms with Gasteiger partial charge in [-0.05, 0) is 31.2 Å². The number of ether oxygens (including phenoxy) is 4. The lowest BCUT2D eigenvalue weighted by Gasteiger charge is -2.38. The van der Waals surface area contributed by atoms with Crippen LogP contribution in [0.3, 0.4) is 0 Å². The number of aliphatic hydroxyl groups is 6. The van der Waals surface area contributed by atoms with E-state index in [1.165, 1.54) is 31.2 Å². The van der Waals surface area contributed by atoms with Crippen LogP contribution < -0.4 is 14.9 Å². The average molecular weight is 609 g/mol. The van der Waals surface area contributed by atoms with Crippen LogP contribution in [0.4, 0.5) is 0 Å². The highest BCUT2D eigenvalue weighted by Gasteiger charge is 2.48. The van der Waals surface area contributed by atoms with E-state index in [-0.39, 0.29) is 28.4 Å². The summed E-state index contributed by atoms with van der Waals surface area (Å²) in [4.78, 5) is 25.1. The molecule has 16 nitrogen and oxygen atoms in total. The van der Waals surface area contributed by atoms with Crippen molar-refractivity contribution in [3.8, 4) is 34.3 Å². The first-order valence-electron chi connectivity index (χ1n) is 12.9. The highest BCUT2D eigenvalue weighted by molar-refractivity contribution is 5.88. The molecule has 0 amide bonds. The van der Waals surface area contributed by atoms with Crippen LogP contribution in [0.2, 0.25) is 0 Å². The fraction of sp³-hybridized carbons (Fsp3) is 0.407. The van der Waals surface area contributed by atoms with Crippen molar-refractivity contribution in [2.24, 2.45) is 0 Å². The molecule has 1 aromatic heterocycles. The molecule has 0 spiro atoms. The average Bonchev–Trinajstić information content (AvgIpc) is 2.96. The van der Waals surface area contributed by atoms with Crippen molar-refractivity contribution in [2.75, 3.05) is 0 Å². The van der Waals surface area contributed by atoms with E-state index in [4.69, 9.17) is 23.4 Å². The summed E-state index contributed by atoms with van der Waals surface area (Å²) in [5.74, 6) is -3.68. The molecule has 0 aliphatic carbocycles. The number of hydrogen-bond acceptors (Lipinski definition) is 15. The molecular formula is C27H28O16. The second-order valence-electron chi connectivity index (χ2n) is 10.1. The van der Waals surface area contributed by atoms with Gasteiger partial charge < -0.3 is 69.3 Å². The molecule has 2 aliphatic rings. The van der Waals surface area contributed by atoms with E-state index in [1.807, 2.05) is 0 Å². The first kappa shape index (κ1) is 30.5. The van der Waals surface area contributed by atoms with Crippen LogP contribution in [0.5, 0.6) is 23.0 Å². The summed E-state index contributed by atoms with van der Waals surface area (Å²) < 4.78 is 27.6. The van der Waals surface area contributed by atoms with Gasteiger partial charge in [0, 0.05) is 17.7 Å². The van der Waals surface area contributed by atoms with Gasteiger partial charge in [-0.15, -0.1) is 0 Å². The van der Waals surface area contributed by atoms with E-state index >= 15 is 0 Å².